The van der Waals surface area contributed by atoms with Crippen molar-refractivity contribution in [1.29, 1.82) is 0 Å². The minimum Gasteiger partial charge on any atom is -0.494 e. The number of nitrogens with zero attached hydrogens (tertiary/aromatic N) is 2. The molecule has 0 fully saturated rings. The molecule has 0 amide bonds. The molecular formula is C11H6Cl2N4O4S. The van der Waals surface area contributed by atoms with Crippen molar-refractivity contribution in [3.8, 4) is 5.88 Å². The molecule has 0 radical (unpaired) electrons. The van der Waals surface area contributed by atoms with E-state index in [2.05, 4.69) is 27.2 Å². The van der Waals surface area contributed by atoms with Crippen LogP contribution >= 0.6 is 35.4 Å². The molecule has 0 spiro atoms. The number of non-ortho nitro benzene ring substituents is 1. The van der Waals surface area contributed by atoms with Crippen LogP contribution in [0.15, 0.2) is 21.9 Å². The van der Waals surface area contributed by atoms with Crippen molar-refractivity contribution >= 4 is 53.0 Å². The van der Waals surface area contributed by atoms with Gasteiger partial charge in [0.15, 0.2) is 4.77 Å². The van der Waals surface area contributed by atoms with E-state index in [0.29, 0.717) is 0 Å². The first-order chi connectivity index (χ1) is 10.3. The van der Waals surface area contributed by atoms with Crippen molar-refractivity contribution in [2.45, 2.75) is 0 Å². The number of hydrogen-bond acceptors (Lipinski definition) is 6. The van der Waals surface area contributed by atoms with E-state index in [1.807, 2.05) is 0 Å². The van der Waals surface area contributed by atoms with Crippen molar-refractivity contribution in [3.63, 3.8) is 0 Å². The Morgan fingerprint density at radius 2 is 1.91 bits per heavy atom. The molecule has 1 aromatic heterocycles. The Morgan fingerprint density at radius 1 is 1.32 bits per heavy atom. The first kappa shape index (κ1) is 16.1. The quantitative estimate of drug-likeness (QED) is 0.335. The number of rotatable bonds is 3. The highest BCUT2D eigenvalue weighted by Gasteiger charge is 2.14. The van der Waals surface area contributed by atoms with Gasteiger partial charge in [0.2, 0.25) is 5.88 Å². The molecule has 0 bridgehead atoms. The van der Waals surface area contributed by atoms with E-state index in [1.165, 1.54) is 0 Å². The Bertz CT molecular complexity index is 883. The summed E-state index contributed by atoms with van der Waals surface area (Å²) in [6.45, 7) is 0. The summed E-state index contributed by atoms with van der Waals surface area (Å²) in [5.41, 5.74) is -1.13. The zero-order valence-corrected chi connectivity index (χ0v) is 12.8. The number of benzene rings is 1. The summed E-state index contributed by atoms with van der Waals surface area (Å²) >= 11 is 16.4. The Morgan fingerprint density at radius 3 is 2.41 bits per heavy atom. The first-order valence-corrected chi connectivity index (χ1v) is 6.69. The Kier molecular flexibility index (Phi) is 4.59. The molecule has 3 N–H and O–H groups in total. The average molecular weight is 361 g/mol. The zero-order chi connectivity index (χ0) is 16.4. The minimum atomic E-state index is -0.667. The SMILES string of the molecule is O=c1[nH]c(=S)[nH]c(O)c1C=Nc1c(Cl)cc([N+](=O)[O-])cc1Cl. The molecule has 0 atom stereocenters. The maximum absolute atomic E-state index is 11.6. The number of aromatic hydroxyl groups is 1. The number of nitrogens with one attached hydrogen (secondary N) is 2. The van der Waals surface area contributed by atoms with Crippen LogP contribution in [0.5, 0.6) is 5.88 Å². The monoisotopic (exact) mass is 360 g/mol. The number of nitro groups is 1. The van der Waals surface area contributed by atoms with Crippen molar-refractivity contribution in [2.24, 2.45) is 4.99 Å². The lowest BCUT2D eigenvalue weighted by Crippen LogP contribution is -2.13. The lowest BCUT2D eigenvalue weighted by molar-refractivity contribution is -0.384. The van der Waals surface area contributed by atoms with E-state index < -0.39 is 16.4 Å². The molecule has 2 aromatic rings. The molecule has 0 saturated heterocycles. The van der Waals surface area contributed by atoms with Crippen molar-refractivity contribution in [1.82, 2.24) is 9.97 Å². The predicted octanol–water partition coefficient (Wildman–Crippen LogP) is 3.10. The van der Waals surface area contributed by atoms with E-state index in [0.717, 1.165) is 18.3 Å². The standard InChI is InChI=1S/C11H6Cl2N4O4S/c12-6-1-4(17(20)21)2-7(13)8(6)14-3-5-9(18)15-11(22)16-10(5)19/h1-3H,(H3,15,16,18,19,22). The summed E-state index contributed by atoms with van der Waals surface area (Å²) in [7, 11) is 0. The van der Waals surface area contributed by atoms with Crippen LogP contribution in [0.1, 0.15) is 5.56 Å². The van der Waals surface area contributed by atoms with Crippen molar-refractivity contribution < 1.29 is 10.0 Å². The van der Waals surface area contributed by atoms with E-state index in [9.17, 15) is 20.0 Å². The number of aromatic amines is 2. The lowest BCUT2D eigenvalue weighted by atomic mass is 10.2. The summed E-state index contributed by atoms with van der Waals surface area (Å²) in [6, 6.07) is 2.14. The molecule has 0 aliphatic carbocycles. The van der Waals surface area contributed by atoms with Crippen LogP contribution in [-0.2, 0) is 0 Å². The van der Waals surface area contributed by atoms with Gasteiger partial charge in [0.05, 0.1) is 15.0 Å². The second-order valence-corrected chi connectivity index (χ2v) is 5.17. The molecule has 0 saturated carbocycles. The van der Waals surface area contributed by atoms with Crippen LogP contribution in [0, 0.1) is 14.9 Å². The molecule has 114 valence electrons. The van der Waals surface area contributed by atoms with Gasteiger partial charge in [-0.3, -0.25) is 24.9 Å². The van der Waals surface area contributed by atoms with Crippen molar-refractivity contribution in [3.05, 3.63) is 53.0 Å². The third-order valence-corrected chi connectivity index (χ3v) is 3.27. The summed E-state index contributed by atoms with van der Waals surface area (Å²) in [6.07, 6.45) is 1.01. The van der Waals surface area contributed by atoms with Gasteiger partial charge in [-0.15, -0.1) is 0 Å². The summed E-state index contributed by atoms with van der Waals surface area (Å²) < 4.78 is -0.0500. The van der Waals surface area contributed by atoms with Gasteiger partial charge in [-0.25, -0.2) is 0 Å². The molecule has 1 heterocycles. The number of H-pyrrole nitrogens is 2. The van der Waals surface area contributed by atoms with Crippen LogP contribution < -0.4 is 5.56 Å². The second-order valence-electron chi connectivity index (χ2n) is 3.94. The van der Waals surface area contributed by atoms with Gasteiger partial charge in [0.1, 0.15) is 11.3 Å². The summed E-state index contributed by atoms with van der Waals surface area (Å²) in [5.74, 6) is -0.480. The Labute approximate surface area is 137 Å². The smallest absolute Gasteiger partial charge is 0.272 e. The fourth-order valence-electron chi connectivity index (χ4n) is 1.51. The second kappa shape index (κ2) is 6.26. The molecule has 0 unspecified atom stereocenters. The molecule has 8 nitrogen and oxygen atoms in total. The molecule has 1 aromatic carbocycles. The third-order valence-electron chi connectivity index (χ3n) is 2.49. The Hall–Kier alpha value is -2.23. The highest BCUT2D eigenvalue weighted by atomic mass is 35.5. The normalized spacial score (nSPS) is 11.0. The molecule has 0 aliphatic heterocycles. The number of aliphatic imine (C=N–C) groups is 1. The molecular weight excluding hydrogens is 355 g/mol. The maximum atomic E-state index is 11.6. The van der Waals surface area contributed by atoms with Crippen LogP contribution in [0.3, 0.4) is 0 Å². The van der Waals surface area contributed by atoms with Gasteiger partial charge in [0, 0.05) is 18.3 Å². The highest BCUT2D eigenvalue weighted by molar-refractivity contribution is 7.71. The van der Waals surface area contributed by atoms with Crippen LogP contribution in [0.4, 0.5) is 11.4 Å². The van der Waals surface area contributed by atoms with Gasteiger partial charge < -0.3 is 10.1 Å². The number of nitro benzene ring substituents is 1. The summed E-state index contributed by atoms with van der Waals surface area (Å²) in [4.78, 5) is 30.2. The van der Waals surface area contributed by atoms with E-state index >= 15 is 0 Å². The van der Waals surface area contributed by atoms with E-state index in [4.69, 9.17) is 23.2 Å². The summed E-state index contributed by atoms with van der Waals surface area (Å²) in [5, 5.41) is 20.1. The number of hydrogen-bond donors (Lipinski definition) is 3. The fourth-order valence-corrected chi connectivity index (χ4v) is 2.28. The van der Waals surface area contributed by atoms with Gasteiger partial charge in [-0.05, 0) is 12.2 Å². The van der Waals surface area contributed by atoms with Gasteiger partial charge in [-0.1, -0.05) is 23.2 Å². The largest absolute Gasteiger partial charge is 0.494 e. The molecule has 0 aliphatic rings. The predicted molar refractivity (Wildman–Crippen MR) is 84.3 cm³/mol. The number of halogens is 2. The average Bonchev–Trinajstić information content (AvgIpc) is 2.39. The Balaban J connectivity index is 2.50. The first-order valence-electron chi connectivity index (χ1n) is 5.52. The van der Waals surface area contributed by atoms with Gasteiger partial charge in [-0.2, -0.15) is 0 Å². The fraction of sp³-hybridized carbons (Fsp3) is 0. The minimum absolute atomic E-state index is 0.0233. The van der Waals surface area contributed by atoms with Crippen molar-refractivity contribution in [2.75, 3.05) is 0 Å². The molecule has 2 rings (SSSR count). The lowest BCUT2D eigenvalue weighted by Gasteiger charge is -2.02. The molecule has 22 heavy (non-hydrogen) atoms. The number of aromatic nitrogens is 2. The van der Waals surface area contributed by atoms with Crippen LogP contribution in [0.2, 0.25) is 10.0 Å². The maximum Gasteiger partial charge on any atom is 0.272 e. The molecule has 11 heteroatoms. The zero-order valence-electron chi connectivity index (χ0n) is 10.5. The van der Waals surface area contributed by atoms with Crippen LogP contribution in [-0.4, -0.2) is 26.2 Å². The highest BCUT2D eigenvalue weighted by Crippen LogP contribution is 2.36. The van der Waals surface area contributed by atoms with Gasteiger partial charge in [0.25, 0.3) is 11.2 Å². The van der Waals surface area contributed by atoms with E-state index in [-0.39, 0.29) is 31.8 Å². The van der Waals surface area contributed by atoms with Gasteiger partial charge >= 0.3 is 0 Å². The third kappa shape index (κ3) is 3.32. The van der Waals surface area contributed by atoms with E-state index in [1.54, 1.807) is 0 Å². The topological polar surface area (TPSA) is 124 Å². The van der Waals surface area contributed by atoms with Crippen LogP contribution in [0.25, 0.3) is 0 Å².